The van der Waals surface area contributed by atoms with Crippen LogP contribution in [-0.2, 0) is 26.4 Å². The Morgan fingerprint density at radius 1 is 1.12 bits per heavy atom. The first-order chi connectivity index (χ1) is 19.4. The molecule has 40 heavy (non-hydrogen) atoms. The lowest BCUT2D eigenvalue weighted by Crippen LogP contribution is -2.43. The van der Waals surface area contributed by atoms with Crippen LogP contribution >= 0.6 is 0 Å². The zero-order chi connectivity index (χ0) is 28.1. The molecule has 5 rings (SSSR count). The zero-order valence-electron chi connectivity index (χ0n) is 22.6. The predicted molar refractivity (Wildman–Crippen MR) is 149 cm³/mol. The van der Waals surface area contributed by atoms with Crippen LogP contribution in [0.25, 0.3) is 0 Å². The Morgan fingerprint density at radius 2 is 1.90 bits per heavy atom. The maximum absolute atomic E-state index is 15.0. The van der Waals surface area contributed by atoms with Gasteiger partial charge in [-0.15, -0.1) is 0 Å². The van der Waals surface area contributed by atoms with Gasteiger partial charge in [-0.3, -0.25) is 14.7 Å². The van der Waals surface area contributed by atoms with Gasteiger partial charge in [-0.2, -0.15) is 0 Å². The molecule has 0 bridgehead atoms. The van der Waals surface area contributed by atoms with Crippen molar-refractivity contribution >= 4 is 17.7 Å². The Morgan fingerprint density at radius 3 is 2.60 bits per heavy atom. The largest absolute Gasteiger partial charge is 0.445 e. The molecule has 1 unspecified atom stereocenters. The number of benzene rings is 2. The van der Waals surface area contributed by atoms with Gasteiger partial charge >= 0.3 is 6.09 Å². The van der Waals surface area contributed by atoms with Crippen LogP contribution in [0.1, 0.15) is 48.9 Å². The molecular weight excluding hydrogens is 511 g/mol. The van der Waals surface area contributed by atoms with Crippen molar-refractivity contribution in [3.8, 4) is 0 Å². The highest BCUT2D eigenvalue weighted by Crippen LogP contribution is 2.40. The average molecular weight is 547 g/mol. The number of amides is 2. The Labute approximate surface area is 233 Å². The highest BCUT2D eigenvalue weighted by Gasteiger charge is 2.41. The molecule has 1 aliphatic carbocycles. The highest BCUT2D eigenvalue weighted by atomic mass is 19.1. The molecule has 210 valence electrons. The van der Waals surface area contributed by atoms with E-state index in [-0.39, 0.29) is 31.4 Å². The number of methoxy groups -OCH3 is 1. The number of carbonyl (C=O) groups excluding carboxylic acids is 2. The molecule has 2 amide bonds. The summed E-state index contributed by atoms with van der Waals surface area (Å²) in [5.74, 6) is -0.470. The maximum atomic E-state index is 15.0. The van der Waals surface area contributed by atoms with E-state index in [4.69, 9.17) is 15.2 Å². The van der Waals surface area contributed by atoms with Gasteiger partial charge in [0.05, 0.1) is 29.6 Å². The third kappa shape index (κ3) is 6.32. The van der Waals surface area contributed by atoms with Crippen LogP contribution in [0, 0.1) is 11.7 Å². The molecule has 3 atom stereocenters. The SMILES string of the molecule is CO[C@@H]1C[C@H](C(=O)Nc2cc(C(N)(CCC3CC3)c3ccccn3)ccc2F)N(C(=O)OCc2ccccc2)C1. The second kappa shape index (κ2) is 12.1. The number of nitrogens with one attached hydrogen (secondary N) is 1. The Kier molecular flexibility index (Phi) is 8.42. The van der Waals surface area contributed by atoms with E-state index in [0.717, 1.165) is 12.0 Å². The van der Waals surface area contributed by atoms with Crippen molar-refractivity contribution in [2.45, 2.75) is 56.4 Å². The van der Waals surface area contributed by atoms with Gasteiger partial charge in [0.1, 0.15) is 18.5 Å². The molecule has 3 N–H and O–H groups in total. The van der Waals surface area contributed by atoms with Crippen LogP contribution in [0.15, 0.2) is 72.9 Å². The number of hydrogen-bond acceptors (Lipinski definition) is 6. The molecule has 2 aliphatic rings. The summed E-state index contributed by atoms with van der Waals surface area (Å²) in [6.07, 6.45) is 4.94. The molecule has 9 heteroatoms. The molecule has 2 heterocycles. The van der Waals surface area contributed by atoms with Crippen LogP contribution in [0.5, 0.6) is 0 Å². The predicted octanol–water partition coefficient (Wildman–Crippen LogP) is 4.98. The summed E-state index contributed by atoms with van der Waals surface area (Å²) in [5, 5.41) is 2.70. The molecule has 1 aromatic heterocycles. The summed E-state index contributed by atoms with van der Waals surface area (Å²) >= 11 is 0. The number of nitrogens with zero attached hydrogens (tertiary/aromatic N) is 2. The van der Waals surface area contributed by atoms with Crippen LogP contribution in [0.3, 0.4) is 0 Å². The second-order valence-electron chi connectivity index (χ2n) is 10.7. The number of hydrogen-bond donors (Lipinski definition) is 2. The summed E-state index contributed by atoms with van der Waals surface area (Å²) in [6, 6.07) is 18.5. The van der Waals surface area contributed by atoms with Gasteiger partial charge in [0.2, 0.25) is 5.91 Å². The van der Waals surface area contributed by atoms with Gasteiger partial charge < -0.3 is 20.5 Å². The van der Waals surface area contributed by atoms with E-state index < -0.39 is 29.4 Å². The van der Waals surface area contributed by atoms with Gasteiger partial charge in [0, 0.05) is 19.7 Å². The molecule has 1 saturated carbocycles. The third-order valence-corrected chi connectivity index (χ3v) is 7.84. The van der Waals surface area contributed by atoms with E-state index in [2.05, 4.69) is 10.3 Å². The minimum atomic E-state index is -0.946. The number of pyridine rings is 1. The van der Waals surface area contributed by atoms with E-state index in [1.165, 1.54) is 30.9 Å². The van der Waals surface area contributed by atoms with Crippen molar-refractivity contribution in [1.29, 1.82) is 0 Å². The molecule has 2 aromatic carbocycles. The normalized spacial score (nSPS) is 20.1. The quantitative estimate of drug-likeness (QED) is 0.372. The van der Waals surface area contributed by atoms with Gasteiger partial charge in [0.25, 0.3) is 0 Å². The highest BCUT2D eigenvalue weighted by molar-refractivity contribution is 5.97. The van der Waals surface area contributed by atoms with Crippen LogP contribution in [0.4, 0.5) is 14.9 Å². The van der Waals surface area contributed by atoms with Crippen LogP contribution in [-0.4, -0.2) is 47.7 Å². The minimum absolute atomic E-state index is 0.00171. The van der Waals surface area contributed by atoms with Crippen molar-refractivity contribution in [3.63, 3.8) is 0 Å². The third-order valence-electron chi connectivity index (χ3n) is 7.84. The number of carbonyl (C=O) groups is 2. The lowest BCUT2D eigenvalue weighted by Gasteiger charge is -2.30. The van der Waals surface area contributed by atoms with Crippen molar-refractivity contribution < 1.29 is 23.5 Å². The molecule has 3 aromatic rings. The summed E-state index contributed by atoms with van der Waals surface area (Å²) in [5.41, 5.74) is 8.21. The lowest BCUT2D eigenvalue weighted by atomic mass is 9.82. The van der Waals surface area contributed by atoms with Crippen LogP contribution in [0.2, 0.25) is 0 Å². The topological polar surface area (TPSA) is 107 Å². The van der Waals surface area contributed by atoms with E-state index in [1.54, 1.807) is 18.3 Å². The van der Waals surface area contributed by atoms with Crippen molar-refractivity contribution in [2.75, 3.05) is 19.0 Å². The summed E-state index contributed by atoms with van der Waals surface area (Å²) in [4.78, 5) is 32.3. The average Bonchev–Trinajstić information content (AvgIpc) is 3.72. The number of ether oxygens (including phenoxy) is 2. The van der Waals surface area contributed by atoms with Crippen molar-refractivity contribution in [3.05, 3.63) is 95.6 Å². The fourth-order valence-electron chi connectivity index (χ4n) is 5.22. The first-order valence-corrected chi connectivity index (χ1v) is 13.7. The summed E-state index contributed by atoms with van der Waals surface area (Å²) in [7, 11) is 1.53. The molecule has 1 aliphatic heterocycles. The van der Waals surface area contributed by atoms with Gasteiger partial charge in [-0.05, 0) is 54.2 Å². The zero-order valence-corrected chi connectivity index (χ0v) is 22.6. The van der Waals surface area contributed by atoms with Gasteiger partial charge in [-0.25, -0.2) is 9.18 Å². The Hall–Kier alpha value is -3.82. The minimum Gasteiger partial charge on any atom is -0.445 e. The number of aromatic nitrogens is 1. The molecule has 8 nitrogen and oxygen atoms in total. The monoisotopic (exact) mass is 546 g/mol. The van der Waals surface area contributed by atoms with Crippen molar-refractivity contribution in [1.82, 2.24) is 9.88 Å². The van der Waals surface area contributed by atoms with Crippen LogP contribution < -0.4 is 11.1 Å². The fourth-order valence-corrected chi connectivity index (χ4v) is 5.22. The standard InChI is InChI=1S/C31H35FN4O4/c1-39-24-18-27(36(19-24)30(38)40-20-22-7-3-2-4-8-22)29(37)35-26-17-23(12-13-25(26)32)31(33,15-14-21-10-11-21)28-9-5-6-16-34-28/h2-9,12-13,16-17,21,24,27H,10-11,14-15,18-20,33H2,1H3,(H,35,37)/t24-,27-,31?/m1/s1. The molecular formula is C31H35FN4O4. The molecule has 0 spiro atoms. The molecule has 1 saturated heterocycles. The van der Waals surface area contributed by atoms with E-state index in [1.807, 2.05) is 48.5 Å². The fraction of sp³-hybridized carbons (Fsp3) is 0.387. The van der Waals surface area contributed by atoms with Gasteiger partial charge in [-0.1, -0.05) is 55.3 Å². The van der Waals surface area contributed by atoms with E-state index in [9.17, 15) is 9.59 Å². The summed E-state index contributed by atoms with van der Waals surface area (Å²) in [6.45, 7) is 0.267. The van der Waals surface area contributed by atoms with Crippen molar-refractivity contribution in [2.24, 2.45) is 11.7 Å². The number of rotatable bonds is 10. The Balaban J connectivity index is 1.34. The van der Waals surface area contributed by atoms with E-state index >= 15 is 4.39 Å². The molecule has 2 fully saturated rings. The lowest BCUT2D eigenvalue weighted by molar-refractivity contribution is -0.120. The first kappa shape index (κ1) is 27.7. The number of halogens is 1. The van der Waals surface area contributed by atoms with Gasteiger partial charge in [0.15, 0.2) is 0 Å². The smallest absolute Gasteiger partial charge is 0.410 e. The number of likely N-dealkylation sites (tertiary alicyclic amines) is 1. The number of nitrogens with two attached hydrogens (primary N) is 1. The first-order valence-electron chi connectivity index (χ1n) is 13.7. The maximum Gasteiger partial charge on any atom is 0.410 e. The van der Waals surface area contributed by atoms with E-state index in [0.29, 0.717) is 23.6 Å². The Bertz CT molecular complexity index is 1320. The second-order valence-corrected chi connectivity index (χ2v) is 10.7. The summed E-state index contributed by atoms with van der Waals surface area (Å²) < 4.78 is 26.0. The number of anilines is 1. The molecule has 0 radical (unpaired) electrons.